The van der Waals surface area contributed by atoms with Crippen LogP contribution in [0.5, 0.6) is 5.88 Å². The zero-order chi connectivity index (χ0) is 15.9. The van der Waals surface area contributed by atoms with Crippen LogP contribution in [0.25, 0.3) is 10.2 Å². The standard InChI is InChI=1S/C8H7N3O4S.C5H5N/c1-2-15-8(14)3-5-4(10-11-16-5)7(13)9-6(3)12;1-2-4-6-5-3-1/h2H2,1H3,(H2,9,12,13);1-5H. The van der Waals surface area contributed by atoms with E-state index in [1.54, 1.807) is 19.3 Å². The Balaban J connectivity index is 0.000000246. The van der Waals surface area contributed by atoms with Crippen molar-refractivity contribution in [2.24, 2.45) is 0 Å². The van der Waals surface area contributed by atoms with Crippen molar-refractivity contribution in [1.29, 1.82) is 0 Å². The Morgan fingerprint density at radius 1 is 1.36 bits per heavy atom. The number of carbonyl (C=O) groups excluding carboxylic acids is 1. The van der Waals surface area contributed by atoms with Crippen molar-refractivity contribution < 1.29 is 14.6 Å². The summed E-state index contributed by atoms with van der Waals surface area (Å²) in [5, 5.41) is 13.1. The first kappa shape index (κ1) is 15.6. The minimum Gasteiger partial charge on any atom is -0.494 e. The molecule has 0 saturated carbocycles. The lowest BCUT2D eigenvalue weighted by Gasteiger charge is -2.03. The Morgan fingerprint density at radius 2 is 2.09 bits per heavy atom. The summed E-state index contributed by atoms with van der Waals surface area (Å²) in [5.74, 6) is -1.24. The maximum absolute atomic E-state index is 11.5. The highest BCUT2D eigenvalue weighted by molar-refractivity contribution is 7.13. The summed E-state index contributed by atoms with van der Waals surface area (Å²) in [6.45, 7) is 1.81. The van der Waals surface area contributed by atoms with Crippen molar-refractivity contribution in [2.45, 2.75) is 6.92 Å². The normalized spacial score (nSPS) is 9.86. The SMILES string of the molecule is CCOC(=O)c1c(O)[nH]c(=O)c2nnsc12.c1ccncc1. The van der Waals surface area contributed by atoms with Gasteiger partial charge >= 0.3 is 5.97 Å². The molecule has 0 fully saturated rings. The fraction of sp³-hybridized carbons (Fsp3) is 0.154. The molecule has 8 nitrogen and oxygen atoms in total. The molecule has 0 saturated heterocycles. The molecule has 0 spiro atoms. The Labute approximate surface area is 128 Å². The van der Waals surface area contributed by atoms with E-state index in [-0.39, 0.29) is 22.4 Å². The van der Waals surface area contributed by atoms with Crippen LogP contribution in [-0.4, -0.2) is 37.2 Å². The Morgan fingerprint density at radius 3 is 2.64 bits per heavy atom. The average Bonchev–Trinajstić information content (AvgIpc) is 2.99. The average molecular weight is 320 g/mol. The highest BCUT2D eigenvalue weighted by Gasteiger charge is 2.21. The number of aromatic hydroxyl groups is 1. The van der Waals surface area contributed by atoms with Crippen LogP contribution in [0.3, 0.4) is 0 Å². The van der Waals surface area contributed by atoms with Crippen molar-refractivity contribution in [3.63, 3.8) is 0 Å². The molecule has 3 rings (SSSR count). The first-order valence-electron chi connectivity index (χ1n) is 6.24. The fourth-order valence-electron chi connectivity index (χ4n) is 1.55. The minimum absolute atomic E-state index is 0.0193. The molecule has 2 N–H and O–H groups in total. The zero-order valence-electron chi connectivity index (χ0n) is 11.5. The second-order valence-electron chi connectivity index (χ2n) is 3.87. The number of pyridine rings is 2. The van der Waals surface area contributed by atoms with E-state index in [9.17, 15) is 14.7 Å². The van der Waals surface area contributed by atoms with Crippen molar-refractivity contribution in [1.82, 2.24) is 19.6 Å². The third kappa shape index (κ3) is 3.44. The number of aromatic nitrogens is 4. The van der Waals surface area contributed by atoms with Crippen LogP contribution in [0.1, 0.15) is 17.3 Å². The summed E-state index contributed by atoms with van der Waals surface area (Å²) >= 11 is 0.855. The van der Waals surface area contributed by atoms with E-state index in [1.165, 1.54) is 0 Å². The molecule has 114 valence electrons. The topological polar surface area (TPSA) is 118 Å². The van der Waals surface area contributed by atoms with Crippen LogP contribution in [0, 0.1) is 0 Å². The lowest BCUT2D eigenvalue weighted by molar-refractivity contribution is 0.0525. The molecular weight excluding hydrogens is 308 g/mol. The maximum Gasteiger partial charge on any atom is 0.345 e. The van der Waals surface area contributed by atoms with Gasteiger partial charge in [0.1, 0.15) is 10.3 Å². The van der Waals surface area contributed by atoms with E-state index in [1.807, 2.05) is 18.2 Å². The molecule has 0 unspecified atom stereocenters. The van der Waals surface area contributed by atoms with Crippen LogP contribution in [0.15, 0.2) is 35.4 Å². The molecule has 3 aromatic rings. The predicted molar refractivity (Wildman–Crippen MR) is 79.9 cm³/mol. The largest absolute Gasteiger partial charge is 0.494 e. The number of fused-ring (bicyclic) bond motifs is 1. The molecule has 0 aliphatic heterocycles. The molecule has 0 bridgehead atoms. The van der Waals surface area contributed by atoms with E-state index < -0.39 is 17.4 Å². The van der Waals surface area contributed by atoms with Gasteiger partial charge in [-0.25, -0.2) is 4.79 Å². The molecule has 0 radical (unpaired) electrons. The number of hydrogen-bond donors (Lipinski definition) is 2. The number of nitrogens with zero attached hydrogens (tertiary/aromatic N) is 3. The molecule has 9 heteroatoms. The molecule has 0 aliphatic rings. The first-order valence-corrected chi connectivity index (χ1v) is 7.02. The number of ether oxygens (including phenoxy) is 1. The zero-order valence-corrected chi connectivity index (χ0v) is 12.3. The lowest BCUT2D eigenvalue weighted by atomic mass is 10.2. The number of aromatic amines is 1. The van der Waals surface area contributed by atoms with Crippen LogP contribution in [-0.2, 0) is 4.74 Å². The van der Waals surface area contributed by atoms with Crippen LogP contribution in [0.2, 0.25) is 0 Å². The quantitative estimate of drug-likeness (QED) is 0.684. The van der Waals surface area contributed by atoms with Gasteiger partial charge in [0.25, 0.3) is 5.56 Å². The number of H-pyrrole nitrogens is 1. The first-order chi connectivity index (χ1) is 10.6. The molecule has 0 atom stereocenters. The highest BCUT2D eigenvalue weighted by atomic mass is 32.1. The number of esters is 1. The van der Waals surface area contributed by atoms with Crippen molar-refractivity contribution in [2.75, 3.05) is 6.61 Å². The van der Waals surface area contributed by atoms with E-state index in [0.717, 1.165) is 11.5 Å². The lowest BCUT2D eigenvalue weighted by Crippen LogP contribution is -2.12. The van der Waals surface area contributed by atoms with Crippen LogP contribution in [0.4, 0.5) is 0 Å². The second-order valence-corrected chi connectivity index (χ2v) is 4.63. The number of carbonyl (C=O) groups is 1. The fourth-order valence-corrected chi connectivity index (χ4v) is 2.24. The summed E-state index contributed by atoms with van der Waals surface area (Å²) in [4.78, 5) is 28.8. The Hall–Kier alpha value is -2.81. The molecule has 0 amide bonds. The molecule has 0 aromatic carbocycles. The molecule has 22 heavy (non-hydrogen) atoms. The van der Waals surface area contributed by atoms with E-state index in [4.69, 9.17) is 4.74 Å². The number of hydrogen-bond acceptors (Lipinski definition) is 8. The summed E-state index contributed by atoms with van der Waals surface area (Å²) < 4.78 is 8.54. The van der Waals surface area contributed by atoms with Crippen molar-refractivity contribution in [3.8, 4) is 5.88 Å². The monoisotopic (exact) mass is 320 g/mol. The summed E-state index contributed by atoms with van der Waals surface area (Å²) in [6, 6.07) is 5.72. The summed E-state index contributed by atoms with van der Waals surface area (Å²) in [7, 11) is 0. The van der Waals surface area contributed by atoms with Crippen LogP contribution >= 0.6 is 11.5 Å². The molecule has 3 aromatic heterocycles. The number of rotatable bonds is 2. The van der Waals surface area contributed by atoms with Gasteiger partial charge in [0.05, 0.1) is 6.61 Å². The van der Waals surface area contributed by atoms with Crippen molar-refractivity contribution in [3.05, 3.63) is 46.5 Å². The van der Waals surface area contributed by atoms with Gasteiger partial charge in [-0.2, -0.15) is 0 Å². The maximum atomic E-state index is 11.5. The second kappa shape index (κ2) is 7.27. The van der Waals surface area contributed by atoms with E-state index >= 15 is 0 Å². The molecular formula is C13H12N4O4S. The van der Waals surface area contributed by atoms with E-state index in [2.05, 4.69) is 19.6 Å². The van der Waals surface area contributed by atoms with Gasteiger partial charge in [-0.05, 0) is 30.6 Å². The van der Waals surface area contributed by atoms with Gasteiger partial charge in [-0.1, -0.05) is 10.6 Å². The van der Waals surface area contributed by atoms with Gasteiger partial charge in [0.15, 0.2) is 5.52 Å². The highest BCUT2D eigenvalue weighted by Crippen LogP contribution is 2.24. The predicted octanol–water partition coefficient (Wildman–Crippen LogP) is 1.34. The third-order valence-electron chi connectivity index (χ3n) is 2.44. The minimum atomic E-state index is -0.715. The molecule has 3 heterocycles. The Kier molecular flexibility index (Phi) is 5.15. The van der Waals surface area contributed by atoms with Gasteiger partial charge < -0.3 is 9.84 Å². The number of nitrogens with one attached hydrogen (secondary N) is 1. The molecule has 0 aliphatic carbocycles. The Bertz CT molecular complexity index is 789. The van der Waals surface area contributed by atoms with Gasteiger partial charge in [-0.15, -0.1) is 5.10 Å². The summed E-state index contributed by atoms with van der Waals surface area (Å²) in [5.41, 5.74) is -0.674. The van der Waals surface area contributed by atoms with Crippen LogP contribution < -0.4 is 5.56 Å². The van der Waals surface area contributed by atoms with Crippen molar-refractivity contribution >= 4 is 27.7 Å². The van der Waals surface area contributed by atoms with Gasteiger partial charge in [-0.3, -0.25) is 14.8 Å². The van der Waals surface area contributed by atoms with Gasteiger partial charge in [0, 0.05) is 12.4 Å². The van der Waals surface area contributed by atoms with Gasteiger partial charge in [0.2, 0.25) is 5.88 Å². The smallest absolute Gasteiger partial charge is 0.345 e. The summed E-state index contributed by atoms with van der Waals surface area (Å²) in [6.07, 6.45) is 3.50. The third-order valence-corrected chi connectivity index (χ3v) is 3.19. The van der Waals surface area contributed by atoms with E-state index in [0.29, 0.717) is 0 Å².